The van der Waals surface area contributed by atoms with Gasteiger partial charge < -0.3 is 4.57 Å². The summed E-state index contributed by atoms with van der Waals surface area (Å²) in [7, 11) is 0. The van der Waals surface area contributed by atoms with Gasteiger partial charge in [0.1, 0.15) is 0 Å². The van der Waals surface area contributed by atoms with E-state index in [2.05, 4.69) is 11.1 Å². The smallest absolute Gasteiger partial charge is 0.309 e. The maximum Gasteiger partial charge on any atom is 0.416 e. The molecule has 3 nitrogen and oxygen atoms in total. The number of benzene rings is 3. The summed E-state index contributed by atoms with van der Waals surface area (Å²) in [6.45, 7) is 0. The lowest BCUT2D eigenvalue weighted by Crippen LogP contribution is -2.04. The van der Waals surface area contributed by atoms with Crippen molar-refractivity contribution >= 4 is 21.8 Å². The fourth-order valence-corrected chi connectivity index (χ4v) is 4.17. The SMILES string of the molecule is N#Cc1cc(-c2ccncc2)cc(-n2c3ccc(C(F)(F)F)cc3c3cc(C(F)(F)F)ccc32)c1. The highest BCUT2D eigenvalue weighted by Crippen LogP contribution is 2.40. The molecule has 9 heteroatoms. The molecule has 0 bridgehead atoms. The average molecular weight is 481 g/mol. The Morgan fingerprint density at radius 3 is 1.69 bits per heavy atom. The van der Waals surface area contributed by atoms with Crippen LogP contribution in [0.3, 0.4) is 0 Å². The normalized spacial score (nSPS) is 12.3. The fraction of sp³-hybridized carbons (Fsp3) is 0.0769. The number of rotatable bonds is 2. The van der Waals surface area contributed by atoms with Gasteiger partial charge in [0.25, 0.3) is 0 Å². The van der Waals surface area contributed by atoms with E-state index in [-0.39, 0.29) is 27.4 Å². The van der Waals surface area contributed by atoms with Gasteiger partial charge in [-0.05, 0) is 77.9 Å². The number of halogens is 6. The molecule has 0 radical (unpaired) electrons. The lowest BCUT2D eigenvalue weighted by Gasteiger charge is -2.12. The molecule has 3 aromatic carbocycles. The molecule has 5 aromatic rings. The van der Waals surface area contributed by atoms with E-state index in [4.69, 9.17) is 0 Å². The number of alkyl halides is 6. The van der Waals surface area contributed by atoms with Gasteiger partial charge in [0.05, 0.1) is 33.8 Å². The largest absolute Gasteiger partial charge is 0.416 e. The van der Waals surface area contributed by atoms with E-state index in [9.17, 15) is 31.6 Å². The molecule has 0 amide bonds. The van der Waals surface area contributed by atoms with Gasteiger partial charge in [-0.15, -0.1) is 0 Å². The quantitative estimate of drug-likeness (QED) is 0.242. The molecule has 0 saturated carbocycles. The van der Waals surface area contributed by atoms with Gasteiger partial charge in [0, 0.05) is 28.9 Å². The molecule has 174 valence electrons. The van der Waals surface area contributed by atoms with Crippen molar-refractivity contribution in [3.8, 4) is 22.9 Å². The van der Waals surface area contributed by atoms with Crippen molar-refractivity contribution in [1.82, 2.24) is 9.55 Å². The first-order valence-corrected chi connectivity index (χ1v) is 10.2. The van der Waals surface area contributed by atoms with E-state index in [1.165, 1.54) is 12.1 Å². The Bertz CT molecular complexity index is 1550. The van der Waals surface area contributed by atoms with Crippen molar-refractivity contribution in [2.75, 3.05) is 0 Å². The zero-order valence-electron chi connectivity index (χ0n) is 17.6. The molecule has 35 heavy (non-hydrogen) atoms. The second kappa shape index (κ2) is 7.87. The molecule has 0 aliphatic heterocycles. The number of nitriles is 1. The maximum atomic E-state index is 13.4. The number of fused-ring (bicyclic) bond motifs is 3. The molecular weight excluding hydrogens is 468 g/mol. The molecule has 2 heterocycles. The number of hydrogen-bond donors (Lipinski definition) is 0. The van der Waals surface area contributed by atoms with Gasteiger partial charge in [0.2, 0.25) is 0 Å². The van der Waals surface area contributed by atoms with Crippen LogP contribution in [0.15, 0.2) is 79.1 Å². The molecule has 0 fully saturated rings. The topological polar surface area (TPSA) is 41.6 Å². The van der Waals surface area contributed by atoms with Crippen LogP contribution >= 0.6 is 0 Å². The molecule has 2 aromatic heterocycles. The predicted molar refractivity (Wildman–Crippen MR) is 119 cm³/mol. The Morgan fingerprint density at radius 1 is 0.657 bits per heavy atom. The predicted octanol–water partition coefficient (Wildman–Crippen LogP) is 7.75. The van der Waals surface area contributed by atoms with Crippen molar-refractivity contribution < 1.29 is 26.3 Å². The van der Waals surface area contributed by atoms with Crippen LogP contribution in [-0.2, 0) is 12.4 Å². The van der Waals surface area contributed by atoms with E-state index in [0.29, 0.717) is 11.3 Å². The van der Waals surface area contributed by atoms with Crippen LogP contribution in [-0.4, -0.2) is 9.55 Å². The van der Waals surface area contributed by atoms with Crippen molar-refractivity contribution in [3.05, 3.63) is 95.8 Å². The van der Waals surface area contributed by atoms with E-state index in [1.807, 2.05) is 0 Å². The standard InChI is InChI=1S/C26H13F6N3/c27-25(28,29)18-1-3-23-21(12-18)22-13-19(26(30,31)32)2-4-24(22)35(23)20-10-15(14-33)9-17(11-20)16-5-7-34-8-6-16/h1-13H. The Morgan fingerprint density at radius 2 is 1.20 bits per heavy atom. The highest BCUT2D eigenvalue weighted by atomic mass is 19.4. The lowest BCUT2D eigenvalue weighted by atomic mass is 10.0. The lowest BCUT2D eigenvalue weighted by molar-refractivity contribution is -0.138. The second-order valence-corrected chi connectivity index (χ2v) is 7.91. The van der Waals surface area contributed by atoms with Gasteiger partial charge in [-0.1, -0.05) is 0 Å². The molecule has 0 saturated heterocycles. The van der Waals surface area contributed by atoms with E-state index < -0.39 is 23.5 Å². The van der Waals surface area contributed by atoms with E-state index >= 15 is 0 Å². The van der Waals surface area contributed by atoms with Gasteiger partial charge >= 0.3 is 12.4 Å². The summed E-state index contributed by atoms with van der Waals surface area (Å²) in [6, 6.07) is 16.4. The van der Waals surface area contributed by atoms with Crippen LogP contribution < -0.4 is 0 Å². The first-order valence-electron chi connectivity index (χ1n) is 10.2. The van der Waals surface area contributed by atoms with Crippen molar-refractivity contribution in [3.63, 3.8) is 0 Å². The van der Waals surface area contributed by atoms with Crippen LogP contribution in [0.4, 0.5) is 26.3 Å². The summed E-state index contributed by atoms with van der Waals surface area (Å²) in [5.74, 6) is 0. The van der Waals surface area contributed by atoms with Gasteiger partial charge in [-0.2, -0.15) is 31.6 Å². The second-order valence-electron chi connectivity index (χ2n) is 7.91. The average Bonchev–Trinajstić information content (AvgIpc) is 3.16. The van der Waals surface area contributed by atoms with Gasteiger partial charge in [-0.25, -0.2) is 0 Å². The molecule has 5 rings (SSSR count). The van der Waals surface area contributed by atoms with Gasteiger partial charge in [0.15, 0.2) is 0 Å². The fourth-order valence-electron chi connectivity index (χ4n) is 4.17. The Kier molecular flexibility index (Phi) is 5.06. The number of nitrogens with zero attached hydrogens (tertiary/aromatic N) is 3. The molecule has 0 unspecified atom stereocenters. The Labute approximate surface area is 194 Å². The number of aromatic nitrogens is 2. The maximum absolute atomic E-state index is 13.4. The van der Waals surface area contributed by atoms with Crippen molar-refractivity contribution in [2.24, 2.45) is 0 Å². The summed E-state index contributed by atoms with van der Waals surface area (Å²) in [4.78, 5) is 3.97. The zero-order chi connectivity index (χ0) is 25.0. The van der Waals surface area contributed by atoms with E-state index in [1.54, 1.807) is 47.3 Å². The van der Waals surface area contributed by atoms with Crippen molar-refractivity contribution in [2.45, 2.75) is 12.4 Å². The van der Waals surface area contributed by atoms with E-state index in [0.717, 1.165) is 29.8 Å². The summed E-state index contributed by atoms with van der Waals surface area (Å²) < 4.78 is 82.1. The summed E-state index contributed by atoms with van der Waals surface area (Å²) in [6.07, 6.45) is -6.18. The minimum atomic E-state index is -4.67. The zero-order valence-corrected chi connectivity index (χ0v) is 17.6. The summed E-state index contributed by atoms with van der Waals surface area (Å²) >= 11 is 0. The third kappa shape index (κ3) is 3.97. The highest BCUT2D eigenvalue weighted by molar-refractivity contribution is 6.10. The minimum absolute atomic E-state index is 0.0220. The molecular formula is C26H13F6N3. The summed E-state index contributed by atoms with van der Waals surface area (Å²) in [5, 5.41) is 9.63. The van der Waals surface area contributed by atoms with Gasteiger partial charge in [-0.3, -0.25) is 4.98 Å². The third-order valence-electron chi connectivity index (χ3n) is 5.74. The monoisotopic (exact) mass is 481 g/mol. The Hall–Kier alpha value is -4.32. The highest BCUT2D eigenvalue weighted by Gasteiger charge is 2.33. The first kappa shape index (κ1) is 22.5. The molecule has 0 aliphatic carbocycles. The third-order valence-corrected chi connectivity index (χ3v) is 5.74. The summed E-state index contributed by atoms with van der Waals surface area (Å²) in [5.41, 5.74) is 0.729. The molecule has 0 N–H and O–H groups in total. The van der Waals surface area contributed by atoms with Crippen LogP contribution in [0.25, 0.3) is 38.6 Å². The molecule has 0 atom stereocenters. The molecule has 0 aliphatic rings. The van der Waals surface area contributed by atoms with Crippen molar-refractivity contribution in [1.29, 1.82) is 5.26 Å². The number of pyridine rings is 1. The minimum Gasteiger partial charge on any atom is -0.309 e. The van der Waals surface area contributed by atoms with Crippen LogP contribution in [0.1, 0.15) is 16.7 Å². The molecule has 0 spiro atoms. The van der Waals surface area contributed by atoms with Crippen LogP contribution in [0, 0.1) is 11.3 Å². The first-order chi connectivity index (χ1) is 16.6. The van der Waals surface area contributed by atoms with Crippen LogP contribution in [0.5, 0.6) is 0 Å². The Balaban J connectivity index is 1.87. The number of hydrogen-bond acceptors (Lipinski definition) is 2. The van der Waals surface area contributed by atoms with Crippen LogP contribution in [0.2, 0.25) is 0 Å².